The molecule has 3 rings (SSSR count). The summed E-state index contributed by atoms with van der Waals surface area (Å²) in [5.41, 5.74) is -1.10. The quantitative estimate of drug-likeness (QED) is 0.374. The van der Waals surface area contributed by atoms with E-state index in [9.17, 15) is 24.6 Å². The van der Waals surface area contributed by atoms with Crippen LogP contribution in [0.15, 0.2) is 11.6 Å². The van der Waals surface area contributed by atoms with E-state index >= 15 is 0 Å². The lowest BCUT2D eigenvalue weighted by Gasteiger charge is -2.62. The Morgan fingerprint density at radius 2 is 1.94 bits per heavy atom. The Labute approximate surface area is 183 Å². The van der Waals surface area contributed by atoms with Gasteiger partial charge in [0.25, 0.3) is 0 Å². The van der Waals surface area contributed by atoms with E-state index in [1.807, 2.05) is 13.8 Å². The highest BCUT2D eigenvalue weighted by atomic mass is 16.5. The van der Waals surface area contributed by atoms with Crippen molar-refractivity contribution in [2.24, 2.45) is 34.5 Å². The number of allylic oxidation sites excluding steroid dienone is 1. The van der Waals surface area contributed by atoms with E-state index < -0.39 is 40.7 Å². The molecule has 0 unspecified atom stereocenters. The van der Waals surface area contributed by atoms with Gasteiger partial charge >= 0.3 is 5.97 Å². The normalized spacial score (nSPS) is 43.7. The second-order valence-corrected chi connectivity index (χ2v) is 9.86. The van der Waals surface area contributed by atoms with Crippen LogP contribution in [0.2, 0.25) is 0 Å². The molecule has 3 fully saturated rings. The van der Waals surface area contributed by atoms with Crippen LogP contribution in [0.25, 0.3) is 0 Å². The minimum absolute atomic E-state index is 0.0330. The molecule has 0 aromatic carbocycles. The molecule has 0 heterocycles. The zero-order valence-electron chi connectivity index (χ0n) is 18.8. The van der Waals surface area contributed by atoms with Crippen LogP contribution in [0.5, 0.6) is 0 Å². The second-order valence-electron chi connectivity index (χ2n) is 9.86. The fourth-order valence-corrected chi connectivity index (χ4v) is 6.83. The Morgan fingerprint density at radius 3 is 2.55 bits per heavy atom. The van der Waals surface area contributed by atoms with Crippen LogP contribution in [-0.4, -0.2) is 65.4 Å². The molecule has 0 spiro atoms. The SMILES string of the molecule is COC(=O)[C@]1(C)[C@@H]2C(=O)[C@H](O)[C@H]3[C@@H](C)/C(=C/C(=O)NCCO)CC[C@@H]3[C@@]2(C)CC[C@@H]1O. The molecule has 1 amide bonds. The van der Waals surface area contributed by atoms with Gasteiger partial charge in [0.15, 0.2) is 5.78 Å². The van der Waals surface area contributed by atoms with Crippen LogP contribution >= 0.6 is 0 Å². The molecule has 0 aromatic rings. The van der Waals surface area contributed by atoms with E-state index in [1.165, 1.54) is 13.2 Å². The zero-order valence-corrected chi connectivity index (χ0v) is 18.8. The molecule has 8 heteroatoms. The fraction of sp³-hybridized carbons (Fsp3) is 0.783. The Kier molecular flexibility index (Phi) is 6.65. The number of rotatable bonds is 4. The van der Waals surface area contributed by atoms with E-state index in [4.69, 9.17) is 9.84 Å². The topological polar surface area (TPSA) is 133 Å². The molecule has 3 aliphatic carbocycles. The van der Waals surface area contributed by atoms with Crippen molar-refractivity contribution in [2.45, 2.75) is 58.7 Å². The van der Waals surface area contributed by atoms with Gasteiger partial charge in [-0.2, -0.15) is 0 Å². The van der Waals surface area contributed by atoms with Crippen LogP contribution in [0.3, 0.4) is 0 Å². The predicted octanol–water partition coefficient (Wildman–Crippen LogP) is 0.584. The van der Waals surface area contributed by atoms with Gasteiger partial charge < -0.3 is 25.4 Å². The summed E-state index contributed by atoms with van der Waals surface area (Å²) < 4.78 is 4.99. The standard InChI is InChI=1S/C23H35NO7/c1-12-13(11-16(27)24-9-10-25)5-6-14-17(12)18(28)19(29)20-22(14,2)8-7-15(26)23(20,3)21(30)31-4/h11-12,14-15,17-18,20,25-26,28H,5-10H2,1-4H3,(H,24,27)/b13-11+/t12-,14-,15-,17-,18+,20+,22+,23-/m0/s1. The maximum absolute atomic E-state index is 13.5. The van der Waals surface area contributed by atoms with Crippen LogP contribution in [0.4, 0.5) is 0 Å². The highest BCUT2D eigenvalue weighted by Gasteiger charge is 2.68. The minimum Gasteiger partial charge on any atom is -0.469 e. The molecule has 4 N–H and O–H groups in total. The zero-order chi connectivity index (χ0) is 23.1. The Hall–Kier alpha value is -1.77. The van der Waals surface area contributed by atoms with Crippen molar-refractivity contribution in [2.75, 3.05) is 20.3 Å². The van der Waals surface area contributed by atoms with Gasteiger partial charge in [0.05, 0.1) is 19.8 Å². The number of amides is 1. The number of aliphatic hydroxyl groups is 3. The summed E-state index contributed by atoms with van der Waals surface area (Å²) in [6.07, 6.45) is 1.51. The summed E-state index contributed by atoms with van der Waals surface area (Å²) in [7, 11) is 1.25. The van der Waals surface area contributed by atoms with Gasteiger partial charge in [0, 0.05) is 24.5 Å². The fourth-order valence-electron chi connectivity index (χ4n) is 6.83. The number of esters is 1. The number of aliphatic hydroxyl groups excluding tert-OH is 3. The van der Waals surface area contributed by atoms with Gasteiger partial charge in [0.1, 0.15) is 11.5 Å². The lowest BCUT2D eigenvalue weighted by atomic mass is 9.41. The number of carbonyl (C=O) groups excluding carboxylic acids is 3. The van der Waals surface area contributed by atoms with Crippen LogP contribution < -0.4 is 5.32 Å². The number of hydrogen-bond donors (Lipinski definition) is 4. The molecular weight excluding hydrogens is 402 g/mol. The van der Waals surface area contributed by atoms with Gasteiger partial charge in [-0.05, 0) is 49.9 Å². The first-order valence-electron chi connectivity index (χ1n) is 11.1. The first-order valence-corrected chi connectivity index (χ1v) is 11.1. The largest absolute Gasteiger partial charge is 0.469 e. The molecule has 0 radical (unpaired) electrons. The third-order valence-corrected chi connectivity index (χ3v) is 8.42. The molecule has 8 atom stereocenters. The summed E-state index contributed by atoms with van der Waals surface area (Å²) in [6, 6.07) is 0. The Morgan fingerprint density at radius 1 is 1.26 bits per heavy atom. The van der Waals surface area contributed by atoms with Gasteiger partial charge in [-0.1, -0.05) is 19.4 Å². The van der Waals surface area contributed by atoms with Gasteiger partial charge in [-0.25, -0.2) is 0 Å². The van der Waals surface area contributed by atoms with E-state index in [0.29, 0.717) is 25.7 Å². The van der Waals surface area contributed by atoms with Crippen molar-refractivity contribution in [3.05, 3.63) is 11.6 Å². The summed E-state index contributed by atoms with van der Waals surface area (Å²) in [5.74, 6) is -2.77. The number of ether oxygens (including phenoxy) is 1. The monoisotopic (exact) mass is 437 g/mol. The molecule has 0 aromatic heterocycles. The number of hydrogen-bond acceptors (Lipinski definition) is 7. The molecule has 8 nitrogen and oxygen atoms in total. The third-order valence-electron chi connectivity index (χ3n) is 8.42. The maximum atomic E-state index is 13.5. The van der Waals surface area contributed by atoms with E-state index in [0.717, 1.165) is 5.57 Å². The number of carbonyl (C=O) groups is 3. The lowest BCUT2D eigenvalue weighted by molar-refractivity contribution is -0.209. The summed E-state index contributed by atoms with van der Waals surface area (Å²) in [5, 5.41) is 33.4. The van der Waals surface area contributed by atoms with Crippen molar-refractivity contribution in [1.29, 1.82) is 0 Å². The molecule has 174 valence electrons. The lowest BCUT2D eigenvalue weighted by Crippen LogP contribution is -2.68. The first-order chi connectivity index (χ1) is 14.5. The third kappa shape index (κ3) is 3.62. The van der Waals surface area contributed by atoms with Crippen molar-refractivity contribution < 1.29 is 34.4 Å². The highest BCUT2D eigenvalue weighted by molar-refractivity contribution is 5.94. The van der Waals surface area contributed by atoms with Crippen LogP contribution in [0.1, 0.15) is 46.5 Å². The molecule has 31 heavy (non-hydrogen) atoms. The van der Waals surface area contributed by atoms with Crippen molar-refractivity contribution >= 4 is 17.7 Å². The van der Waals surface area contributed by atoms with Gasteiger partial charge in [-0.15, -0.1) is 0 Å². The molecule has 0 bridgehead atoms. The number of nitrogens with one attached hydrogen (secondary N) is 1. The van der Waals surface area contributed by atoms with E-state index in [2.05, 4.69) is 5.32 Å². The number of Topliss-reactive ketones (excluding diaryl/α,β-unsaturated/α-hetero) is 1. The van der Waals surface area contributed by atoms with Crippen LogP contribution in [-0.2, 0) is 19.1 Å². The van der Waals surface area contributed by atoms with Crippen LogP contribution in [0, 0.1) is 34.5 Å². The predicted molar refractivity (Wildman–Crippen MR) is 112 cm³/mol. The number of fused-ring (bicyclic) bond motifs is 3. The average Bonchev–Trinajstić information content (AvgIpc) is 2.74. The average molecular weight is 438 g/mol. The summed E-state index contributed by atoms with van der Waals surface area (Å²) >= 11 is 0. The second kappa shape index (κ2) is 8.64. The van der Waals surface area contributed by atoms with Crippen molar-refractivity contribution in [3.8, 4) is 0 Å². The minimum atomic E-state index is -1.41. The molecule has 3 aliphatic rings. The smallest absolute Gasteiger partial charge is 0.314 e. The van der Waals surface area contributed by atoms with Gasteiger partial charge in [-0.3, -0.25) is 14.4 Å². The summed E-state index contributed by atoms with van der Waals surface area (Å²) in [4.78, 5) is 38.4. The van der Waals surface area contributed by atoms with E-state index in [-0.39, 0.29) is 36.8 Å². The molecular formula is C23H35NO7. The number of methoxy groups -OCH3 is 1. The van der Waals surface area contributed by atoms with Crippen molar-refractivity contribution in [1.82, 2.24) is 5.32 Å². The maximum Gasteiger partial charge on any atom is 0.314 e. The highest BCUT2D eigenvalue weighted by Crippen LogP contribution is 2.64. The molecule has 0 aliphatic heterocycles. The van der Waals surface area contributed by atoms with Crippen molar-refractivity contribution in [3.63, 3.8) is 0 Å². The molecule has 0 saturated heterocycles. The van der Waals surface area contributed by atoms with E-state index in [1.54, 1.807) is 6.92 Å². The van der Waals surface area contributed by atoms with Gasteiger partial charge in [0.2, 0.25) is 5.91 Å². The molecule has 3 saturated carbocycles. The Bertz CT molecular complexity index is 780. The number of ketones is 1. The first kappa shape index (κ1) is 23.9. The summed E-state index contributed by atoms with van der Waals surface area (Å²) in [6.45, 7) is 5.53. The Balaban J connectivity index is 1.98.